The molecule has 0 bridgehead atoms. The molecule has 6 nitrogen and oxygen atoms in total. The van der Waals surface area contributed by atoms with Crippen LogP contribution in [0.25, 0.3) is 17.0 Å². The van der Waals surface area contributed by atoms with Crippen molar-refractivity contribution in [1.82, 2.24) is 20.4 Å². The summed E-state index contributed by atoms with van der Waals surface area (Å²) in [5.74, 6) is 0.339. The second kappa shape index (κ2) is 4.45. The highest BCUT2D eigenvalue weighted by Crippen LogP contribution is 2.22. The average Bonchev–Trinajstić information content (AvgIpc) is 3.21. The van der Waals surface area contributed by atoms with Crippen molar-refractivity contribution < 1.29 is 4.79 Å². The molecule has 4 rings (SSSR count). The zero-order valence-corrected chi connectivity index (χ0v) is 10.9. The normalized spacial score (nSPS) is 16.5. The van der Waals surface area contributed by atoms with Crippen molar-refractivity contribution in [1.29, 1.82) is 0 Å². The number of carbonyl (C=O) groups excluding carboxylic acids is 1. The van der Waals surface area contributed by atoms with E-state index in [1.807, 2.05) is 36.5 Å². The zero-order chi connectivity index (χ0) is 14.2. The molecule has 0 spiro atoms. The van der Waals surface area contributed by atoms with E-state index in [2.05, 4.69) is 25.5 Å². The van der Waals surface area contributed by atoms with Gasteiger partial charge in [-0.2, -0.15) is 5.10 Å². The minimum absolute atomic E-state index is 0.230. The van der Waals surface area contributed by atoms with E-state index in [-0.39, 0.29) is 5.91 Å². The Bertz CT molecular complexity index is 886. The summed E-state index contributed by atoms with van der Waals surface area (Å²) in [4.78, 5) is 22.3. The molecule has 1 aliphatic heterocycles. The molecule has 0 unspecified atom stereocenters. The van der Waals surface area contributed by atoms with Crippen LogP contribution < -0.4 is 5.43 Å². The number of amides is 1. The summed E-state index contributed by atoms with van der Waals surface area (Å²) >= 11 is 0. The number of nitrogens with zero attached hydrogens (tertiary/aromatic N) is 2. The van der Waals surface area contributed by atoms with E-state index in [1.54, 1.807) is 12.4 Å². The number of aromatic amines is 2. The lowest BCUT2D eigenvalue weighted by Gasteiger charge is -1.98. The maximum absolute atomic E-state index is 12.0. The molecule has 0 fully saturated rings. The Morgan fingerprint density at radius 1 is 1.14 bits per heavy atom. The largest absolute Gasteiger partial charge is 0.361 e. The lowest BCUT2D eigenvalue weighted by Crippen LogP contribution is -2.14. The summed E-state index contributed by atoms with van der Waals surface area (Å²) in [5.41, 5.74) is 5.47. The maximum Gasteiger partial charge on any atom is 0.273 e. The van der Waals surface area contributed by atoms with Crippen LogP contribution in [0.2, 0.25) is 0 Å². The molecule has 6 heteroatoms. The van der Waals surface area contributed by atoms with Gasteiger partial charge in [-0.25, -0.2) is 10.4 Å². The van der Waals surface area contributed by atoms with Gasteiger partial charge >= 0.3 is 0 Å². The minimum Gasteiger partial charge on any atom is -0.361 e. The first-order valence-corrected chi connectivity index (χ1v) is 6.49. The molecule has 1 aromatic carbocycles. The fourth-order valence-electron chi connectivity index (χ4n) is 2.41. The summed E-state index contributed by atoms with van der Waals surface area (Å²) in [6.07, 6.45) is 7.03. The highest BCUT2D eigenvalue weighted by Gasteiger charge is 2.25. The van der Waals surface area contributed by atoms with Gasteiger partial charge in [0.15, 0.2) is 5.82 Å². The number of H-pyrrole nitrogens is 2. The van der Waals surface area contributed by atoms with Gasteiger partial charge in [0.05, 0.1) is 5.57 Å². The monoisotopic (exact) mass is 277 g/mol. The molecular formula is C15H11N5O. The summed E-state index contributed by atoms with van der Waals surface area (Å²) in [6, 6.07) is 7.94. The van der Waals surface area contributed by atoms with Crippen molar-refractivity contribution in [3.63, 3.8) is 0 Å². The zero-order valence-electron chi connectivity index (χ0n) is 10.9. The molecule has 1 aliphatic rings. The van der Waals surface area contributed by atoms with Crippen molar-refractivity contribution in [3.05, 3.63) is 59.8 Å². The number of hydrogen-bond acceptors (Lipinski definition) is 3. The first-order chi connectivity index (χ1) is 10.3. The molecule has 102 valence electrons. The van der Waals surface area contributed by atoms with Gasteiger partial charge in [-0.15, -0.1) is 0 Å². The molecule has 3 N–H and O–H groups in total. The molecule has 0 saturated heterocycles. The number of benzene rings is 1. The molecule has 0 radical (unpaired) electrons. The average molecular weight is 277 g/mol. The Hall–Kier alpha value is -3.15. The molecule has 3 heterocycles. The number of rotatable bonds is 2. The van der Waals surface area contributed by atoms with E-state index >= 15 is 0 Å². The van der Waals surface area contributed by atoms with Gasteiger partial charge < -0.3 is 9.97 Å². The Labute approximate surface area is 119 Å². The van der Waals surface area contributed by atoms with E-state index in [4.69, 9.17) is 0 Å². The number of fused-ring (bicyclic) bond motifs is 1. The summed E-state index contributed by atoms with van der Waals surface area (Å²) in [7, 11) is 0. The van der Waals surface area contributed by atoms with Gasteiger partial charge in [0.25, 0.3) is 5.91 Å². The number of para-hydroxylation sites is 1. The maximum atomic E-state index is 12.0. The fraction of sp³-hybridized carbons (Fsp3) is 0. The molecule has 0 atom stereocenters. The molecule has 3 aromatic rings. The van der Waals surface area contributed by atoms with E-state index in [1.165, 1.54) is 0 Å². The molecule has 2 aromatic heterocycles. The number of hydrogen-bond donors (Lipinski definition) is 3. The van der Waals surface area contributed by atoms with Crippen LogP contribution in [0, 0.1) is 0 Å². The predicted molar refractivity (Wildman–Crippen MR) is 79.5 cm³/mol. The Morgan fingerprint density at radius 3 is 2.90 bits per heavy atom. The Morgan fingerprint density at radius 2 is 2.05 bits per heavy atom. The van der Waals surface area contributed by atoms with Crippen molar-refractivity contribution in [2.75, 3.05) is 0 Å². The van der Waals surface area contributed by atoms with Gasteiger partial charge in [0.1, 0.15) is 5.71 Å². The lowest BCUT2D eigenvalue weighted by atomic mass is 10.1. The van der Waals surface area contributed by atoms with Crippen LogP contribution in [0.5, 0.6) is 0 Å². The first-order valence-electron chi connectivity index (χ1n) is 6.49. The standard InChI is InChI=1S/C15H11N5O/c21-15-11(13(19-20-15)14-16-5-6-17-14)7-9-8-18-12-4-2-1-3-10(9)12/h1-8,18H,(H,16,17)(H,20,21)/b11-7-. The third kappa shape index (κ3) is 1.85. The van der Waals surface area contributed by atoms with E-state index < -0.39 is 0 Å². The number of aromatic nitrogens is 3. The van der Waals surface area contributed by atoms with Crippen LogP contribution in [-0.4, -0.2) is 26.6 Å². The van der Waals surface area contributed by atoms with Gasteiger partial charge in [-0.3, -0.25) is 4.79 Å². The number of imidazole rings is 1. The summed E-state index contributed by atoms with van der Waals surface area (Å²) in [5, 5.41) is 5.10. The van der Waals surface area contributed by atoms with Crippen LogP contribution in [0.3, 0.4) is 0 Å². The second-order valence-corrected chi connectivity index (χ2v) is 4.69. The van der Waals surface area contributed by atoms with Crippen LogP contribution in [0.4, 0.5) is 0 Å². The molecule has 1 amide bonds. The summed E-state index contributed by atoms with van der Waals surface area (Å²) in [6.45, 7) is 0. The van der Waals surface area contributed by atoms with Crippen LogP contribution >= 0.6 is 0 Å². The molecular weight excluding hydrogens is 266 g/mol. The van der Waals surface area contributed by atoms with Crippen LogP contribution in [0.15, 0.2) is 53.5 Å². The van der Waals surface area contributed by atoms with Crippen molar-refractivity contribution in [2.45, 2.75) is 0 Å². The molecule has 0 saturated carbocycles. The van der Waals surface area contributed by atoms with Crippen LogP contribution in [-0.2, 0) is 4.79 Å². The van der Waals surface area contributed by atoms with Gasteiger partial charge in [-0.05, 0) is 12.1 Å². The SMILES string of the molecule is O=C1NN=C(c2ncc[nH]2)/C1=C/c1c[nH]c2ccccc12. The van der Waals surface area contributed by atoms with Crippen molar-refractivity contribution in [3.8, 4) is 0 Å². The summed E-state index contributed by atoms with van der Waals surface area (Å²) < 4.78 is 0. The fourth-order valence-corrected chi connectivity index (χ4v) is 2.41. The quantitative estimate of drug-likeness (QED) is 0.624. The second-order valence-electron chi connectivity index (χ2n) is 4.69. The van der Waals surface area contributed by atoms with Gasteiger partial charge in [-0.1, -0.05) is 18.2 Å². The number of carbonyl (C=O) groups is 1. The highest BCUT2D eigenvalue weighted by atomic mass is 16.2. The lowest BCUT2D eigenvalue weighted by molar-refractivity contribution is -0.116. The molecule has 0 aliphatic carbocycles. The third-order valence-electron chi connectivity index (χ3n) is 3.41. The highest BCUT2D eigenvalue weighted by molar-refractivity contribution is 6.32. The van der Waals surface area contributed by atoms with Gasteiger partial charge in [0, 0.05) is 35.1 Å². The molecule has 21 heavy (non-hydrogen) atoms. The first kappa shape index (κ1) is 11.7. The predicted octanol–water partition coefficient (Wildman–Crippen LogP) is 1.81. The van der Waals surface area contributed by atoms with Crippen molar-refractivity contribution >= 4 is 28.6 Å². The number of hydrazone groups is 1. The topological polar surface area (TPSA) is 85.9 Å². The Kier molecular flexibility index (Phi) is 2.47. The van der Waals surface area contributed by atoms with Gasteiger partial charge in [0.2, 0.25) is 0 Å². The smallest absolute Gasteiger partial charge is 0.273 e. The van der Waals surface area contributed by atoms with Crippen LogP contribution in [0.1, 0.15) is 11.4 Å². The van der Waals surface area contributed by atoms with E-state index in [0.717, 1.165) is 16.5 Å². The van der Waals surface area contributed by atoms with E-state index in [0.29, 0.717) is 17.1 Å². The van der Waals surface area contributed by atoms with Crippen molar-refractivity contribution in [2.24, 2.45) is 5.10 Å². The third-order valence-corrected chi connectivity index (χ3v) is 3.41. The number of nitrogens with one attached hydrogen (secondary N) is 3. The van der Waals surface area contributed by atoms with E-state index in [9.17, 15) is 4.79 Å². The minimum atomic E-state index is -0.230. The Balaban J connectivity index is 1.84.